The first kappa shape index (κ1) is 11.8. The summed E-state index contributed by atoms with van der Waals surface area (Å²) in [6.07, 6.45) is 1.61. The van der Waals surface area contributed by atoms with Gasteiger partial charge in [0.15, 0.2) is 0 Å². The second-order valence-corrected chi connectivity index (χ2v) is 3.38. The van der Waals surface area contributed by atoms with E-state index in [-0.39, 0.29) is 12.6 Å². The maximum Gasteiger partial charge on any atom is 0.119 e. The summed E-state index contributed by atoms with van der Waals surface area (Å²) in [4.78, 5) is 0. The Labute approximate surface area is 90.2 Å². The Kier molecular flexibility index (Phi) is 4.87. The van der Waals surface area contributed by atoms with Crippen LogP contribution in [0.25, 0.3) is 0 Å². The van der Waals surface area contributed by atoms with Crippen molar-refractivity contribution in [3.63, 3.8) is 0 Å². The van der Waals surface area contributed by atoms with Gasteiger partial charge >= 0.3 is 0 Å². The topological polar surface area (TPSA) is 55.5 Å². The van der Waals surface area contributed by atoms with Gasteiger partial charge in [0, 0.05) is 6.04 Å². The molecule has 0 radical (unpaired) electrons. The summed E-state index contributed by atoms with van der Waals surface area (Å²) in [7, 11) is 0. The van der Waals surface area contributed by atoms with Crippen LogP contribution in [0.2, 0.25) is 0 Å². The lowest BCUT2D eigenvalue weighted by atomic mass is 10.1. The molecule has 0 saturated heterocycles. The average Bonchev–Trinajstić information content (AvgIpc) is 2.27. The minimum atomic E-state index is -0.664. The summed E-state index contributed by atoms with van der Waals surface area (Å²) in [5.41, 5.74) is 5.69. The highest BCUT2D eigenvalue weighted by Crippen LogP contribution is 2.09. The summed E-state index contributed by atoms with van der Waals surface area (Å²) < 4.78 is 5.37. The first-order valence-corrected chi connectivity index (χ1v) is 4.96. The van der Waals surface area contributed by atoms with E-state index in [2.05, 4.69) is 6.58 Å². The Morgan fingerprint density at radius 3 is 2.67 bits per heavy atom. The van der Waals surface area contributed by atoms with Crippen LogP contribution in [0, 0.1) is 0 Å². The quantitative estimate of drug-likeness (QED) is 0.692. The fourth-order valence-electron chi connectivity index (χ4n) is 1.17. The summed E-state index contributed by atoms with van der Waals surface area (Å²) >= 11 is 0. The zero-order chi connectivity index (χ0) is 11.1. The first-order valence-electron chi connectivity index (χ1n) is 4.96. The van der Waals surface area contributed by atoms with Crippen molar-refractivity contribution in [2.24, 2.45) is 5.73 Å². The predicted molar refractivity (Wildman–Crippen MR) is 60.7 cm³/mol. The van der Waals surface area contributed by atoms with Crippen LogP contribution >= 0.6 is 0 Å². The van der Waals surface area contributed by atoms with Crippen molar-refractivity contribution in [1.82, 2.24) is 0 Å². The van der Waals surface area contributed by atoms with Crippen LogP contribution in [-0.2, 0) is 0 Å². The molecule has 15 heavy (non-hydrogen) atoms. The van der Waals surface area contributed by atoms with Crippen molar-refractivity contribution < 1.29 is 9.84 Å². The highest BCUT2D eigenvalue weighted by Gasteiger charge is 2.13. The number of hydrogen-bond donors (Lipinski definition) is 2. The van der Waals surface area contributed by atoms with Gasteiger partial charge in [-0.25, -0.2) is 0 Å². The van der Waals surface area contributed by atoms with Gasteiger partial charge in [-0.3, -0.25) is 0 Å². The molecule has 2 unspecified atom stereocenters. The molecule has 1 aromatic rings. The number of hydrogen-bond acceptors (Lipinski definition) is 3. The molecule has 0 bridgehead atoms. The van der Waals surface area contributed by atoms with Crippen molar-refractivity contribution in [1.29, 1.82) is 0 Å². The van der Waals surface area contributed by atoms with Crippen LogP contribution in [0.1, 0.15) is 6.42 Å². The van der Waals surface area contributed by atoms with Crippen LogP contribution in [-0.4, -0.2) is 23.9 Å². The number of benzene rings is 1. The molecule has 0 aromatic heterocycles. The van der Waals surface area contributed by atoms with E-state index >= 15 is 0 Å². The summed E-state index contributed by atoms with van der Waals surface area (Å²) in [6.45, 7) is 3.78. The molecule has 0 aliphatic heterocycles. The minimum absolute atomic E-state index is 0.207. The molecule has 1 rings (SSSR count). The molecule has 3 N–H and O–H groups in total. The van der Waals surface area contributed by atoms with Gasteiger partial charge in [-0.1, -0.05) is 24.3 Å². The second kappa shape index (κ2) is 6.22. The summed E-state index contributed by atoms with van der Waals surface area (Å²) in [5.74, 6) is 0.738. The number of aliphatic hydroxyl groups is 1. The molecular formula is C12H17NO2. The number of para-hydroxylation sites is 1. The maximum absolute atomic E-state index is 9.61. The molecular weight excluding hydrogens is 190 g/mol. The van der Waals surface area contributed by atoms with Gasteiger partial charge in [0.1, 0.15) is 18.5 Å². The fraction of sp³-hybridized carbons (Fsp3) is 0.333. The Morgan fingerprint density at radius 2 is 2.07 bits per heavy atom. The fourth-order valence-corrected chi connectivity index (χ4v) is 1.17. The SMILES string of the molecule is C=CCC(N)C(O)COc1ccccc1. The standard InChI is InChI=1S/C12H17NO2/c1-2-6-11(13)12(14)9-15-10-7-4-3-5-8-10/h2-5,7-8,11-12,14H,1,6,9,13H2. The van der Waals surface area contributed by atoms with Crippen molar-refractivity contribution in [3.05, 3.63) is 43.0 Å². The molecule has 82 valence electrons. The number of rotatable bonds is 6. The third kappa shape index (κ3) is 4.14. The van der Waals surface area contributed by atoms with E-state index in [4.69, 9.17) is 10.5 Å². The van der Waals surface area contributed by atoms with E-state index in [1.54, 1.807) is 6.08 Å². The molecule has 1 aromatic carbocycles. The van der Waals surface area contributed by atoms with Gasteiger partial charge in [0.2, 0.25) is 0 Å². The van der Waals surface area contributed by atoms with Crippen LogP contribution in [0.5, 0.6) is 5.75 Å². The Balaban J connectivity index is 2.34. The van der Waals surface area contributed by atoms with Crippen molar-refractivity contribution in [2.45, 2.75) is 18.6 Å². The lowest BCUT2D eigenvalue weighted by Gasteiger charge is -2.17. The van der Waals surface area contributed by atoms with Gasteiger partial charge in [-0.05, 0) is 18.6 Å². The Hall–Kier alpha value is -1.32. The molecule has 0 spiro atoms. The third-order valence-electron chi connectivity index (χ3n) is 2.10. The van der Waals surface area contributed by atoms with Crippen LogP contribution in [0.4, 0.5) is 0 Å². The van der Waals surface area contributed by atoms with Gasteiger partial charge in [-0.15, -0.1) is 6.58 Å². The second-order valence-electron chi connectivity index (χ2n) is 3.38. The Bertz CT molecular complexity index is 287. The normalized spacial score (nSPS) is 14.3. The first-order chi connectivity index (χ1) is 7.24. The van der Waals surface area contributed by atoms with Crippen LogP contribution < -0.4 is 10.5 Å². The summed E-state index contributed by atoms with van der Waals surface area (Å²) in [5, 5.41) is 9.61. The highest BCUT2D eigenvalue weighted by atomic mass is 16.5. The molecule has 3 heteroatoms. The van der Waals surface area contributed by atoms with E-state index in [0.29, 0.717) is 6.42 Å². The number of aliphatic hydroxyl groups excluding tert-OH is 1. The minimum Gasteiger partial charge on any atom is -0.491 e. The number of nitrogens with two attached hydrogens (primary N) is 1. The molecule has 0 amide bonds. The molecule has 2 atom stereocenters. The van der Waals surface area contributed by atoms with E-state index in [9.17, 15) is 5.11 Å². The maximum atomic E-state index is 9.61. The zero-order valence-corrected chi connectivity index (χ0v) is 8.67. The average molecular weight is 207 g/mol. The highest BCUT2D eigenvalue weighted by molar-refractivity contribution is 5.20. The van der Waals surface area contributed by atoms with E-state index < -0.39 is 6.10 Å². The molecule has 0 aliphatic carbocycles. The Morgan fingerprint density at radius 1 is 1.40 bits per heavy atom. The lowest BCUT2D eigenvalue weighted by molar-refractivity contribution is 0.0859. The summed E-state index contributed by atoms with van der Waals surface area (Å²) in [6, 6.07) is 9.03. The smallest absolute Gasteiger partial charge is 0.119 e. The molecule has 0 heterocycles. The van der Waals surface area contributed by atoms with Crippen molar-refractivity contribution in [3.8, 4) is 5.75 Å². The van der Waals surface area contributed by atoms with E-state index in [1.165, 1.54) is 0 Å². The van der Waals surface area contributed by atoms with Gasteiger partial charge < -0.3 is 15.6 Å². The van der Waals surface area contributed by atoms with Crippen molar-refractivity contribution >= 4 is 0 Å². The van der Waals surface area contributed by atoms with Crippen molar-refractivity contribution in [2.75, 3.05) is 6.61 Å². The van der Waals surface area contributed by atoms with E-state index in [1.807, 2.05) is 30.3 Å². The zero-order valence-electron chi connectivity index (χ0n) is 8.67. The number of ether oxygens (including phenoxy) is 1. The molecule has 0 fully saturated rings. The van der Waals surface area contributed by atoms with Gasteiger partial charge in [-0.2, -0.15) is 0 Å². The monoisotopic (exact) mass is 207 g/mol. The van der Waals surface area contributed by atoms with Gasteiger partial charge in [0.05, 0.1) is 0 Å². The van der Waals surface area contributed by atoms with Gasteiger partial charge in [0.25, 0.3) is 0 Å². The predicted octanol–water partition coefficient (Wildman–Crippen LogP) is 1.33. The molecule has 0 saturated carbocycles. The third-order valence-corrected chi connectivity index (χ3v) is 2.10. The van der Waals surface area contributed by atoms with E-state index in [0.717, 1.165) is 5.75 Å². The van der Waals surface area contributed by atoms with Crippen LogP contribution in [0.15, 0.2) is 43.0 Å². The van der Waals surface area contributed by atoms with Crippen LogP contribution in [0.3, 0.4) is 0 Å². The molecule has 0 aliphatic rings. The lowest BCUT2D eigenvalue weighted by Crippen LogP contribution is -2.38. The largest absolute Gasteiger partial charge is 0.491 e. The molecule has 3 nitrogen and oxygen atoms in total.